The fourth-order valence-corrected chi connectivity index (χ4v) is 5.51. The predicted molar refractivity (Wildman–Crippen MR) is 125 cm³/mol. The van der Waals surface area contributed by atoms with Crippen LogP contribution in [0.15, 0.2) is 30.3 Å². The number of hydrogen-bond acceptors (Lipinski definition) is 6. The lowest BCUT2D eigenvalue weighted by Gasteiger charge is -2.43. The van der Waals surface area contributed by atoms with Crippen molar-refractivity contribution >= 4 is 17.6 Å². The molecule has 7 heteroatoms. The van der Waals surface area contributed by atoms with Gasteiger partial charge in [-0.25, -0.2) is 4.79 Å². The molecular formula is C26H31N3O4. The summed E-state index contributed by atoms with van der Waals surface area (Å²) in [6, 6.07) is 9.78. The van der Waals surface area contributed by atoms with Crippen molar-refractivity contribution < 1.29 is 19.1 Å². The number of amides is 1. The lowest BCUT2D eigenvalue weighted by molar-refractivity contribution is -0.169. The smallest absolute Gasteiger partial charge is 0.338 e. The molecule has 174 valence electrons. The molecule has 0 aliphatic carbocycles. The van der Waals surface area contributed by atoms with E-state index in [-0.39, 0.29) is 24.5 Å². The highest BCUT2D eigenvalue weighted by Gasteiger charge is 2.60. The van der Waals surface area contributed by atoms with E-state index in [0.717, 1.165) is 35.6 Å². The number of benzene rings is 1. The maximum atomic E-state index is 14.0. The summed E-state index contributed by atoms with van der Waals surface area (Å²) in [7, 11) is 0. The minimum Gasteiger partial charge on any atom is -0.461 e. The predicted octanol–water partition coefficient (Wildman–Crippen LogP) is 3.19. The maximum absolute atomic E-state index is 14.0. The van der Waals surface area contributed by atoms with Crippen LogP contribution in [0.25, 0.3) is 0 Å². The Kier molecular flexibility index (Phi) is 5.40. The van der Waals surface area contributed by atoms with Crippen LogP contribution in [0, 0.1) is 6.92 Å². The number of aromatic nitrogens is 1. The van der Waals surface area contributed by atoms with E-state index in [1.165, 1.54) is 0 Å². The molecule has 0 spiro atoms. The van der Waals surface area contributed by atoms with Gasteiger partial charge in [0.2, 0.25) is 0 Å². The Morgan fingerprint density at radius 1 is 1.15 bits per heavy atom. The fraction of sp³-hybridized carbons (Fsp3) is 0.500. The second-order valence-corrected chi connectivity index (χ2v) is 9.64. The van der Waals surface area contributed by atoms with Gasteiger partial charge in [-0.3, -0.25) is 9.78 Å². The highest BCUT2D eigenvalue weighted by molar-refractivity contribution is 6.07. The molecule has 1 aromatic carbocycles. The molecule has 0 unspecified atom stereocenters. The van der Waals surface area contributed by atoms with Gasteiger partial charge in [-0.2, -0.15) is 0 Å². The van der Waals surface area contributed by atoms with Gasteiger partial charge >= 0.3 is 5.97 Å². The Labute approximate surface area is 194 Å². The Morgan fingerprint density at radius 2 is 1.85 bits per heavy atom. The van der Waals surface area contributed by atoms with Crippen LogP contribution in [0.2, 0.25) is 0 Å². The molecule has 2 aromatic rings. The quantitative estimate of drug-likeness (QED) is 0.668. The molecule has 2 fully saturated rings. The lowest BCUT2D eigenvalue weighted by atomic mass is 9.90. The van der Waals surface area contributed by atoms with Crippen LogP contribution < -0.4 is 4.90 Å². The van der Waals surface area contributed by atoms with E-state index in [4.69, 9.17) is 14.5 Å². The topological polar surface area (TPSA) is 72.0 Å². The summed E-state index contributed by atoms with van der Waals surface area (Å²) < 4.78 is 11.2. The van der Waals surface area contributed by atoms with Crippen molar-refractivity contribution in [2.75, 3.05) is 37.8 Å². The van der Waals surface area contributed by atoms with Gasteiger partial charge in [-0.05, 0) is 37.3 Å². The van der Waals surface area contributed by atoms with E-state index in [0.29, 0.717) is 30.9 Å². The molecular weight excluding hydrogens is 418 g/mol. The van der Waals surface area contributed by atoms with E-state index >= 15 is 0 Å². The summed E-state index contributed by atoms with van der Waals surface area (Å²) in [5.74, 6) is -0.390. The summed E-state index contributed by atoms with van der Waals surface area (Å²) >= 11 is 0. The maximum Gasteiger partial charge on any atom is 0.338 e. The van der Waals surface area contributed by atoms with Gasteiger partial charge in [0, 0.05) is 13.1 Å². The minimum absolute atomic E-state index is 0.125. The third kappa shape index (κ3) is 3.32. The molecule has 5 rings (SSSR count). The highest BCUT2D eigenvalue weighted by Crippen LogP contribution is 2.47. The molecule has 7 nitrogen and oxygen atoms in total. The first-order valence-electron chi connectivity index (χ1n) is 11.8. The van der Waals surface area contributed by atoms with Crippen LogP contribution in [0.5, 0.6) is 0 Å². The number of morpholine rings is 2. The fourth-order valence-electron chi connectivity index (χ4n) is 5.51. The first-order chi connectivity index (χ1) is 15.8. The number of carbonyl (C=O) groups excluding carboxylic acids is 2. The number of nitrogens with zero attached hydrogens (tertiary/aromatic N) is 3. The Balaban J connectivity index is 1.64. The van der Waals surface area contributed by atoms with E-state index in [2.05, 4.69) is 18.7 Å². The minimum atomic E-state index is -1.22. The number of ether oxygens (including phenoxy) is 2. The van der Waals surface area contributed by atoms with E-state index in [1.54, 1.807) is 11.8 Å². The Morgan fingerprint density at radius 3 is 2.52 bits per heavy atom. The summed E-state index contributed by atoms with van der Waals surface area (Å²) in [5, 5.41) is 0. The van der Waals surface area contributed by atoms with Crippen molar-refractivity contribution in [3.63, 3.8) is 0 Å². The van der Waals surface area contributed by atoms with Crippen LogP contribution in [0.4, 0.5) is 5.69 Å². The third-order valence-corrected chi connectivity index (χ3v) is 7.18. The molecule has 3 aliphatic heterocycles. The van der Waals surface area contributed by atoms with E-state index in [1.807, 2.05) is 37.3 Å². The molecule has 0 saturated carbocycles. The monoisotopic (exact) mass is 449 g/mol. The number of anilines is 1. The molecule has 2 saturated heterocycles. The van der Waals surface area contributed by atoms with Crippen LogP contribution in [0.3, 0.4) is 0 Å². The van der Waals surface area contributed by atoms with Gasteiger partial charge in [0.1, 0.15) is 6.61 Å². The van der Waals surface area contributed by atoms with Crippen molar-refractivity contribution in [1.29, 1.82) is 0 Å². The number of carbonyl (C=O) groups is 2. The van der Waals surface area contributed by atoms with Gasteiger partial charge in [0.05, 0.1) is 41.9 Å². The molecule has 2 atom stereocenters. The molecule has 0 N–H and O–H groups in total. The van der Waals surface area contributed by atoms with Crippen molar-refractivity contribution in [3.05, 3.63) is 58.4 Å². The largest absolute Gasteiger partial charge is 0.461 e. The standard InChI is InChI=1S/C26H31N3O4/c1-16(2)21-22(28-10-12-32-13-11-28)17(3)20-23(27-21)26(4)25(31)33-15-19(29(26)24(20)30)14-18-8-6-5-7-9-18/h5-9,16,19H,10-15H2,1-4H3/t19-,26-/m0/s1. The van der Waals surface area contributed by atoms with Crippen LogP contribution in [-0.2, 0) is 26.2 Å². The molecule has 3 aliphatic rings. The average Bonchev–Trinajstić information content (AvgIpc) is 3.05. The number of hydrogen-bond donors (Lipinski definition) is 0. The molecule has 1 aromatic heterocycles. The molecule has 33 heavy (non-hydrogen) atoms. The first kappa shape index (κ1) is 21.9. The highest BCUT2D eigenvalue weighted by atomic mass is 16.5. The second-order valence-electron chi connectivity index (χ2n) is 9.64. The van der Waals surface area contributed by atoms with Gasteiger partial charge in [-0.15, -0.1) is 0 Å². The average molecular weight is 450 g/mol. The molecule has 0 bridgehead atoms. The zero-order chi connectivity index (χ0) is 23.3. The number of rotatable bonds is 4. The SMILES string of the molecule is Cc1c2c(nc(C(C)C)c1N1CCOCC1)[C@@]1(C)C(=O)OC[C@H](Cc3ccccc3)N1C2=O. The Hall–Kier alpha value is -2.93. The van der Waals surface area contributed by atoms with Crippen LogP contribution in [-0.4, -0.2) is 60.7 Å². The van der Waals surface area contributed by atoms with E-state index in [9.17, 15) is 9.59 Å². The van der Waals surface area contributed by atoms with Gasteiger partial charge in [0.15, 0.2) is 5.54 Å². The summed E-state index contributed by atoms with van der Waals surface area (Å²) in [6.45, 7) is 11.0. The summed E-state index contributed by atoms with van der Waals surface area (Å²) in [5.41, 5.74) is 3.81. The molecule has 0 radical (unpaired) electrons. The molecule has 4 heterocycles. The molecule has 1 amide bonds. The van der Waals surface area contributed by atoms with E-state index < -0.39 is 11.5 Å². The van der Waals surface area contributed by atoms with Crippen LogP contribution >= 0.6 is 0 Å². The number of cyclic esters (lactones) is 1. The summed E-state index contributed by atoms with van der Waals surface area (Å²) in [6.07, 6.45) is 0.621. The number of esters is 1. The van der Waals surface area contributed by atoms with Crippen molar-refractivity contribution in [2.45, 2.75) is 51.6 Å². The Bertz CT molecular complexity index is 1090. The van der Waals surface area contributed by atoms with Crippen molar-refractivity contribution in [1.82, 2.24) is 9.88 Å². The number of pyridine rings is 1. The number of fused-ring (bicyclic) bond motifs is 3. The second kappa shape index (κ2) is 8.13. The zero-order valence-corrected chi connectivity index (χ0v) is 19.8. The first-order valence-corrected chi connectivity index (χ1v) is 11.8. The van der Waals surface area contributed by atoms with Gasteiger partial charge in [0.25, 0.3) is 5.91 Å². The van der Waals surface area contributed by atoms with Crippen molar-refractivity contribution in [3.8, 4) is 0 Å². The van der Waals surface area contributed by atoms with Gasteiger partial charge in [-0.1, -0.05) is 44.2 Å². The van der Waals surface area contributed by atoms with Crippen molar-refractivity contribution in [2.24, 2.45) is 0 Å². The lowest BCUT2D eigenvalue weighted by Crippen LogP contribution is -2.59. The summed E-state index contributed by atoms with van der Waals surface area (Å²) in [4.78, 5) is 36.2. The third-order valence-electron chi connectivity index (χ3n) is 7.18. The zero-order valence-electron chi connectivity index (χ0n) is 19.8. The van der Waals surface area contributed by atoms with Gasteiger partial charge < -0.3 is 19.3 Å². The van der Waals surface area contributed by atoms with Crippen LogP contribution in [0.1, 0.15) is 59.6 Å². The normalized spacial score (nSPS) is 24.7.